The number of nitrogens with one attached hydrogen (secondary N) is 1. The Hall–Kier alpha value is -1.92. The van der Waals surface area contributed by atoms with Crippen molar-refractivity contribution in [2.45, 2.75) is 52.4 Å². The maximum atomic E-state index is 11.5. The van der Waals surface area contributed by atoms with Crippen LogP contribution in [-0.2, 0) is 4.74 Å². The third-order valence-electron chi connectivity index (χ3n) is 3.19. The van der Waals surface area contributed by atoms with Crippen LogP contribution in [0.15, 0.2) is 18.2 Å². The van der Waals surface area contributed by atoms with Gasteiger partial charge in [0.25, 0.3) is 0 Å². The number of hydrogen-bond donors (Lipinski definition) is 3. The van der Waals surface area contributed by atoms with E-state index in [1.807, 2.05) is 0 Å². The topological polar surface area (TPSA) is 95.9 Å². The fourth-order valence-electron chi connectivity index (χ4n) is 2.10. The smallest absolute Gasteiger partial charge is 0.407 e. The fourth-order valence-corrected chi connectivity index (χ4v) is 2.10. The highest BCUT2D eigenvalue weighted by molar-refractivity contribution is 5.95. The molecule has 23 heavy (non-hydrogen) atoms. The summed E-state index contributed by atoms with van der Waals surface area (Å²) in [6.45, 7) is 8.28. The van der Waals surface area contributed by atoms with Crippen molar-refractivity contribution < 1.29 is 24.5 Å². The van der Waals surface area contributed by atoms with Gasteiger partial charge in [0, 0.05) is 12.1 Å². The Morgan fingerprint density at radius 3 is 2.35 bits per heavy atom. The fraction of sp³-hybridized carbons (Fsp3) is 0.529. The first-order valence-electron chi connectivity index (χ1n) is 7.45. The molecule has 0 aliphatic heterocycles. The molecule has 1 rings (SSSR count). The van der Waals surface area contributed by atoms with Gasteiger partial charge in [-0.1, -0.05) is 18.2 Å². The molecule has 1 aromatic carbocycles. The molecule has 3 N–H and O–H groups in total. The highest BCUT2D eigenvalue weighted by Gasteiger charge is 2.22. The van der Waals surface area contributed by atoms with Crippen LogP contribution >= 0.6 is 0 Å². The van der Waals surface area contributed by atoms with Crippen molar-refractivity contribution in [2.75, 3.05) is 6.54 Å². The Morgan fingerprint density at radius 2 is 1.87 bits per heavy atom. The van der Waals surface area contributed by atoms with Gasteiger partial charge in [-0.2, -0.15) is 0 Å². The minimum atomic E-state index is -1.19. The molecule has 6 heteroatoms. The first-order valence-corrected chi connectivity index (χ1v) is 7.45. The second kappa shape index (κ2) is 7.57. The van der Waals surface area contributed by atoms with Crippen molar-refractivity contribution >= 4 is 11.9 Å². The van der Waals surface area contributed by atoms with Gasteiger partial charge in [-0.15, -0.1) is 0 Å². The molecule has 0 aliphatic carbocycles. The van der Waals surface area contributed by atoms with Crippen molar-refractivity contribution in [3.8, 4) is 0 Å². The molecule has 0 spiro atoms. The summed E-state index contributed by atoms with van der Waals surface area (Å²) in [5.74, 6) is -0.0596. The molecule has 0 aromatic heterocycles. The van der Waals surface area contributed by atoms with Gasteiger partial charge in [-0.05, 0) is 45.7 Å². The van der Waals surface area contributed by atoms with Gasteiger partial charge >= 0.3 is 6.09 Å². The number of amides is 1. The van der Waals surface area contributed by atoms with E-state index in [0.717, 1.165) is 5.56 Å². The third-order valence-corrected chi connectivity index (χ3v) is 3.19. The van der Waals surface area contributed by atoms with Gasteiger partial charge in [-0.3, -0.25) is 4.79 Å². The van der Waals surface area contributed by atoms with Gasteiger partial charge in [-0.25, -0.2) is 4.79 Å². The number of carbonyl (C=O) groups excluding carboxylic acids is 2. The Labute approximate surface area is 136 Å². The number of benzene rings is 1. The standard InChI is InChI=1S/C17H25NO5/c1-10-8-12(6-7-13(10)11(2)19)15(21)14(20)9-18-16(22)23-17(3,4)5/h6-8,14-15,20-21H,9H2,1-5H3,(H,18,22). The monoisotopic (exact) mass is 323 g/mol. The molecule has 1 aromatic rings. The van der Waals surface area contributed by atoms with Gasteiger partial charge in [0.15, 0.2) is 5.78 Å². The van der Waals surface area contributed by atoms with Crippen LogP contribution in [0.4, 0.5) is 4.79 Å². The Kier molecular flexibility index (Phi) is 6.29. The SMILES string of the molecule is CC(=O)c1ccc(C(O)C(O)CNC(=O)OC(C)(C)C)cc1C. The predicted octanol–water partition coefficient (Wildman–Crippen LogP) is 2.12. The van der Waals surface area contributed by atoms with Crippen molar-refractivity contribution in [1.82, 2.24) is 5.32 Å². The zero-order valence-electron chi connectivity index (χ0n) is 14.2. The highest BCUT2D eigenvalue weighted by Crippen LogP contribution is 2.20. The summed E-state index contributed by atoms with van der Waals surface area (Å²) in [6, 6.07) is 4.85. The maximum Gasteiger partial charge on any atom is 0.407 e. The van der Waals surface area contributed by atoms with E-state index in [1.54, 1.807) is 45.9 Å². The molecule has 0 bridgehead atoms. The second-order valence-electron chi connectivity index (χ2n) is 6.53. The molecule has 1 amide bonds. The number of ketones is 1. The number of ether oxygens (including phenoxy) is 1. The molecule has 0 radical (unpaired) electrons. The van der Waals surface area contributed by atoms with Crippen LogP contribution in [0.3, 0.4) is 0 Å². The Bertz CT molecular complexity index is 577. The Morgan fingerprint density at radius 1 is 1.26 bits per heavy atom. The molecule has 0 fully saturated rings. The molecule has 128 valence electrons. The van der Waals surface area contributed by atoms with Crippen LogP contribution in [0.5, 0.6) is 0 Å². The summed E-state index contributed by atoms with van der Waals surface area (Å²) < 4.78 is 5.05. The molecule has 0 saturated heterocycles. The van der Waals surface area contributed by atoms with Crippen LogP contribution in [0.2, 0.25) is 0 Å². The van der Waals surface area contributed by atoms with E-state index < -0.39 is 23.9 Å². The van der Waals surface area contributed by atoms with E-state index in [-0.39, 0.29) is 12.3 Å². The molecular formula is C17H25NO5. The second-order valence-corrected chi connectivity index (χ2v) is 6.53. The first kappa shape index (κ1) is 19.1. The largest absolute Gasteiger partial charge is 0.444 e. The van der Waals surface area contributed by atoms with Crippen LogP contribution in [0.1, 0.15) is 55.3 Å². The molecule has 6 nitrogen and oxygen atoms in total. The summed E-state index contributed by atoms with van der Waals surface area (Å²) in [5.41, 5.74) is 1.14. The summed E-state index contributed by atoms with van der Waals surface area (Å²) in [7, 11) is 0. The summed E-state index contributed by atoms with van der Waals surface area (Å²) in [5, 5.41) is 22.6. The molecule has 0 heterocycles. The van der Waals surface area contributed by atoms with E-state index in [1.165, 1.54) is 6.92 Å². The van der Waals surface area contributed by atoms with Gasteiger partial charge in [0.2, 0.25) is 0 Å². The van der Waals surface area contributed by atoms with Crippen LogP contribution in [0.25, 0.3) is 0 Å². The lowest BCUT2D eigenvalue weighted by atomic mass is 9.97. The predicted molar refractivity (Wildman–Crippen MR) is 86.4 cm³/mol. The molecule has 2 unspecified atom stereocenters. The van der Waals surface area contributed by atoms with E-state index in [9.17, 15) is 19.8 Å². The van der Waals surface area contributed by atoms with Crippen molar-refractivity contribution in [3.63, 3.8) is 0 Å². The van der Waals surface area contributed by atoms with E-state index >= 15 is 0 Å². The van der Waals surface area contributed by atoms with E-state index in [2.05, 4.69) is 5.32 Å². The summed E-state index contributed by atoms with van der Waals surface area (Å²) in [6.07, 6.45) is -3.03. The van der Waals surface area contributed by atoms with Crippen LogP contribution in [-0.4, -0.2) is 40.3 Å². The van der Waals surface area contributed by atoms with Gasteiger partial charge < -0.3 is 20.3 Å². The van der Waals surface area contributed by atoms with E-state index in [4.69, 9.17) is 4.74 Å². The van der Waals surface area contributed by atoms with E-state index in [0.29, 0.717) is 11.1 Å². The first-order chi connectivity index (χ1) is 10.5. The Balaban J connectivity index is 2.66. The lowest BCUT2D eigenvalue weighted by molar-refractivity contribution is 0.0129. The molecule has 0 aliphatic rings. The normalized spacial score (nSPS) is 14.0. The van der Waals surface area contributed by atoms with Gasteiger partial charge in [0.05, 0.1) is 0 Å². The number of carbonyl (C=O) groups is 2. The van der Waals surface area contributed by atoms with Crippen molar-refractivity contribution in [2.24, 2.45) is 0 Å². The number of aliphatic hydroxyl groups excluding tert-OH is 2. The minimum absolute atomic E-state index is 0.0596. The minimum Gasteiger partial charge on any atom is -0.444 e. The number of alkyl carbamates (subject to hydrolysis) is 1. The lowest BCUT2D eigenvalue weighted by Gasteiger charge is -2.22. The number of rotatable bonds is 5. The summed E-state index contributed by atoms with van der Waals surface area (Å²) >= 11 is 0. The molecule has 0 saturated carbocycles. The number of aryl methyl sites for hydroxylation is 1. The number of hydrogen-bond acceptors (Lipinski definition) is 5. The summed E-state index contributed by atoms with van der Waals surface area (Å²) in [4.78, 5) is 22.9. The average molecular weight is 323 g/mol. The van der Waals surface area contributed by atoms with Gasteiger partial charge in [0.1, 0.15) is 17.8 Å². The number of aliphatic hydroxyl groups is 2. The average Bonchev–Trinajstić information content (AvgIpc) is 2.41. The molecular weight excluding hydrogens is 298 g/mol. The van der Waals surface area contributed by atoms with Crippen LogP contribution in [0, 0.1) is 6.92 Å². The van der Waals surface area contributed by atoms with Crippen molar-refractivity contribution in [3.05, 3.63) is 34.9 Å². The molecule has 2 atom stereocenters. The quantitative estimate of drug-likeness (QED) is 0.721. The third kappa shape index (κ3) is 6.00. The maximum absolute atomic E-state index is 11.5. The zero-order valence-corrected chi connectivity index (χ0v) is 14.2. The van der Waals surface area contributed by atoms with Crippen LogP contribution < -0.4 is 5.32 Å². The highest BCUT2D eigenvalue weighted by atomic mass is 16.6. The zero-order chi connectivity index (χ0) is 17.8. The van der Waals surface area contributed by atoms with Crippen molar-refractivity contribution in [1.29, 1.82) is 0 Å². The number of Topliss-reactive ketones (excluding diaryl/α,β-unsaturated/α-hetero) is 1. The lowest BCUT2D eigenvalue weighted by Crippen LogP contribution is -2.38.